The van der Waals surface area contributed by atoms with Gasteiger partial charge in [-0.2, -0.15) is 0 Å². The Morgan fingerprint density at radius 3 is 2.31 bits per heavy atom. The Morgan fingerprint density at radius 2 is 1.62 bits per heavy atom. The molecule has 3 amide bonds. The number of hydrogen-bond acceptors (Lipinski definition) is 2. The predicted octanol–water partition coefficient (Wildman–Crippen LogP) is 2.58. The Labute approximate surface area is 154 Å². The van der Waals surface area contributed by atoms with Gasteiger partial charge < -0.3 is 15.5 Å². The molecule has 0 spiro atoms. The van der Waals surface area contributed by atoms with E-state index in [0.717, 1.165) is 12.0 Å². The van der Waals surface area contributed by atoms with Crippen molar-refractivity contribution in [2.24, 2.45) is 5.92 Å². The number of urea groups is 1. The second-order valence-corrected chi connectivity index (χ2v) is 6.70. The lowest BCUT2D eigenvalue weighted by molar-refractivity contribution is -0.128. The van der Waals surface area contributed by atoms with Crippen LogP contribution in [0.5, 0.6) is 0 Å². The predicted molar refractivity (Wildman–Crippen MR) is 102 cm³/mol. The molecule has 2 N–H and O–H groups in total. The summed E-state index contributed by atoms with van der Waals surface area (Å²) < 4.78 is 0. The highest BCUT2D eigenvalue weighted by molar-refractivity contribution is 5.79. The van der Waals surface area contributed by atoms with Crippen LogP contribution >= 0.6 is 0 Å². The van der Waals surface area contributed by atoms with Gasteiger partial charge in [0.05, 0.1) is 0 Å². The Hall–Kier alpha value is -2.82. The molecule has 3 rings (SSSR count). The highest BCUT2D eigenvalue weighted by Gasteiger charge is 2.29. The number of amides is 3. The average Bonchev–Trinajstić information content (AvgIpc) is 3.01. The first kappa shape index (κ1) is 18.0. The first-order chi connectivity index (χ1) is 12.7. The summed E-state index contributed by atoms with van der Waals surface area (Å²) in [5, 5.41) is 5.76. The topological polar surface area (TPSA) is 61.4 Å². The Kier molecular flexibility index (Phi) is 6.25. The number of nitrogens with one attached hydrogen (secondary N) is 2. The summed E-state index contributed by atoms with van der Waals surface area (Å²) in [6.45, 7) is 2.45. The van der Waals surface area contributed by atoms with Crippen LogP contribution in [-0.4, -0.2) is 36.5 Å². The monoisotopic (exact) mass is 351 g/mol. The van der Waals surface area contributed by atoms with Crippen molar-refractivity contribution in [3.05, 3.63) is 71.8 Å². The number of rotatable bonds is 7. The molecule has 136 valence electrons. The van der Waals surface area contributed by atoms with E-state index in [1.807, 2.05) is 65.6 Å². The summed E-state index contributed by atoms with van der Waals surface area (Å²) in [5.74, 6) is 0.330. The van der Waals surface area contributed by atoms with Crippen LogP contribution in [0, 0.1) is 5.92 Å². The second kappa shape index (κ2) is 9.04. The molecule has 2 aromatic rings. The minimum Gasteiger partial charge on any atom is -0.338 e. The minimum absolute atomic E-state index is 0.158. The van der Waals surface area contributed by atoms with E-state index in [1.165, 1.54) is 5.56 Å². The first-order valence-electron chi connectivity index (χ1n) is 9.08. The van der Waals surface area contributed by atoms with Crippen LogP contribution in [0.15, 0.2) is 60.7 Å². The van der Waals surface area contributed by atoms with E-state index in [1.54, 1.807) is 0 Å². The fourth-order valence-corrected chi connectivity index (χ4v) is 3.21. The zero-order valence-electron chi connectivity index (χ0n) is 14.9. The maximum atomic E-state index is 12.2. The van der Waals surface area contributed by atoms with Crippen molar-refractivity contribution in [1.29, 1.82) is 0 Å². The number of carbonyl (C=O) groups is 2. The SMILES string of the molecule is O=C(NCCc1ccccc1)NCC1CC(=O)N(Cc2ccccc2)C1. The molecule has 1 saturated heterocycles. The quantitative estimate of drug-likeness (QED) is 0.805. The minimum atomic E-state index is -0.171. The number of carbonyl (C=O) groups excluding carboxylic acids is 2. The van der Waals surface area contributed by atoms with Crippen LogP contribution in [0.2, 0.25) is 0 Å². The maximum absolute atomic E-state index is 12.2. The van der Waals surface area contributed by atoms with Crippen LogP contribution in [0.1, 0.15) is 17.5 Å². The highest BCUT2D eigenvalue weighted by atomic mass is 16.2. The van der Waals surface area contributed by atoms with Gasteiger partial charge in [0.1, 0.15) is 0 Å². The van der Waals surface area contributed by atoms with E-state index in [2.05, 4.69) is 10.6 Å². The highest BCUT2D eigenvalue weighted by Crippen LogP contribution is 2.19. The van der Waals surface area contributed by atoms with Crippen LogP contribution in [0.4, 0.5) is 4.79 Å². The van der Waals surface area contributed by atoms with Crippen LogP contribution in [0.25, 0.3) is 0 Å². The molecule has 1 fully saturated rings. The molecular weight excluding hydrogens is 326 g/mol. The molecule has 0 bridgehead atoms. The summed E-state index contributed by atoms with van der Waals surface area (Å²) in [6, 6.07) is 19.9. The second-order valence-electron chi connectivity index (χ2n) is 6.70. The lowest BCUT2D eigenvalue weighted by Gasteiger charge is -2.17. The van der Waals surface area contributed by atoms with Crippen molar-refractivity contribution in [2.75, 3.05) is 19.6 Å². The molecule has 0 aliphatic carbocycles. The summed E-state index contributed by atoms with van der Waals surface area (Å²) in [6.07, 6.45) is 1.30. The molecule has 0 aromatic heterocycles. The molecule has 26 heavy (non-hydrogen) atoms. The van der Waals surface area contributed by atoms with Gasteiger partial charge in [-0.3, -0.25) is 4.79 Å². The third-order valence-corrected chi connectivity index (χ3v) is 4.60. The van der Waals surface area contributed by atoms with Gasteiger partial charge in [0.25, 0.3) is 0 Å². The van der Waals surface area contributed by atoms with E-state index in [9.17, 15) is 9.59 Å². The molecule has 2 aromatic carbocycles. The van der Waals surface area contributed by atoms with Gasteiger partial charge in [0.2, 0.25) is 5.91 Å². The van der Waals surface area contributed by atoms with Gasteiger partial charge >= 0.3 is 6.03 Å². The third kappa shape index (κ3) is 5.34. The Balaban J connectivity index is 1.35. The molecule has 0 radical (unpaired) electrons. The van der Waals surface area contributed by atoms with E-state index < -0.39 is 0 Å². The van der Waals surface area contributed by atoms with Crippen LogP contribution in [-0.2, 0) is 17.8 Å². The normalized spacial score (nSPS) is 16.5. The van der Waals surface area contributed by atoms with Gasteiger partial charge in [-0.1, -0.05) is 60.7 Å². The molecule has 1 atom stereocenters. The number of benzene rings is 2. The van der Waals surface area contributed by atoms with E-state index in [0.29, 0.717) is 32.6 Å². The molecule has 5 heteroatoms. The molecule has 1 aliphatic rings. The van der Waals surface area contributed by atoms with Crippen LogP contribution in [0.3, 0.4) is 0 Å². The smallest absolute Gasteiger partial charge is 0.314 e. The number of hydrogen-bond donors (Lipinski definition) is 2. The largest absolute Gasteiger partial charge is 0.338 e. The molecule has 1 aliphatic heterocycles. The van der Waals surface area contributed by atoms with Crippen molar-refractivity contribution < 1.29 is 9.59 Å². The van der Waals surface area contributed by atoms with E-state index >= 15 is 0 Å². The third-order valence-electron chi connectivity index (χ3n) is 4.60. The lowest BCUT2D eigenvalue weighted by Crippen LogP contribution is -2.39. The van der Waals surface area contributed by atoms with Crippen molar-refractivity contribution in [3.8, 4) is 0 Å². The molecule has 1 heterocycles. The Morgan fingerprint density at radius 1 is 0.962 bits per heavy atom. The molecule has 0 saturated carbocycles. The van der Waals surface area contributed by atoms with Gasteiger partial charge in [-0.05, 0) is 17.5 Å². The van der Waals surface area contributed by atoms with Gasteiger partial charge in [0, 0.05) is 38.5 Å². The molecule has 1 unspecified atom stereocenters. The average molecular weight is 351 g/mol. The van der Waals surface area contributed by atoms with Crippen molar-refractivity contribution >= 4 is 11.9 Å². The first-order valence-corrected chi connectivity index (χ1v) is 9.08. The fraction of sp³-hybridized carbons (Fsp3) is 0.333. The number of likely N-dealkylation sites (tertiary alicyclic amines) is 1. The molecular formula is C21H25N3O2. The van der Waals surface area contributed by atoms with Crippen molar-refractivity contribution in [1.82, 2.24) is 15.5 Å². The summed E-state index contributed by atoms with van der Waals surface area (Å²) in [4.78, 5) is 26.0. The fourth-order valence-electron chi connectivity index (χ4n) is 3.21. The van der Waals surface area contributed by atoms with Crippen LogP contribution < -0.4 is 10.6 Å². The summed E-state index contributed by atoms with van der Waals surface area (Å²) in [7, 11) is 0. The van der Waals surface area contributed by atoms with Gasteiger partial charge in [0.15, 0.2) is 0 Å². The maximum Gasteiger partial charge on any atom is 0.314 e. The lowest BCUT2D eigenvalue weighted by atomic mass is 10.1. The Bertz CT molecular complexity index is 719. The molecule has 5 nitrogen and oxygen atoms in total. The zero-order valence-corrected chi connectivity index (χ0v) is 14.9. The van der Waals surface area contributed by atoms with Crippen molar-refractivity contribution in [2.45, 2.75) is 19.4 Å². The van der Waals surface area contributed by atoms with Gasteiger partial charge in [-0.15, -0.1) is 0 Å². The van der Waals surface area contributed by atoms with Crippen molar-refractivity contribution in [3.63, 3.8) is 0 Å². The standard InChI is InChI=1S/C21H25N3O2/c25-20-13-19(16-24(20)15-18-9-5-2-6-10-18)14-23-21(26)22-12-11-17-7-3-1-4-8-17/h1-10,19H,11-16H2,(H2,22,23,26). The summed E-state index contributed by atoms with van der Waals surface area (Å²) >= 11 is 0. The van der Waals surface area contributed by atoms with E-state index in [-0.39, 0.29) is 17.9 Å². The zero-order chi connectivity index (χ0) is 18.2. The van der Waals surface area contributed by atoms with E-state index in [4.69, 9.17) is 0 Å². The summed E-state index contributed by atoms with van der Waals surface area (Å²) in [5.41, 5.74) is 2.33. The van der Waals surface area contributed by atoms with Gasteiger partial charge in [-0.25, -0.2) is 4.79 Å². The number of nitrogens with zero attached hydrogens (tertiary/aromatic N) is 1.